The molecule has 0 saturated heterocycles. The Morgan fingerprint density at radius 2 is 2.19 bits per heavy atom. The molecule has 0 spiro atoms. The molecule has 0 aliphatic carbocycles. The average molecular weight is 239 g/mol. The van der Waals surface area contributed by atoms with Crippen LogP contribution in [-0.2, 0) is 9.84 Å². The average Bonchev–Trinajstić information content (AvgIpc) is 2.25. The minimum atomic E-state index is -2.98. The highest BCUT2D eigenvalue weighted by Crippen LogP contribution is 2.08. The topological polar surface area (TPSA) is 74.1 Å². The zero-order valence-corrected chi connectivity index (χ0v) is 10.0. The Morgan fingerprint density at radius 3 is 2.75 bits per heavy atom. The second kappa shape index (κ2) is 4.94. The van der Waals surface area contributed by atoms with Crippen LogP contribution in [0.3, 0.4) is 0 Å². The summed E-state index contributed by atoms with van der Waals surface area (Å²) in [6.45, 7) is 0.362. The van der Waals surface area contributed by atoms with Gasteiger partial charge in [-0.05, 0) is 12.1 Å². The summed E-state index contributed by atoms with van der Waals surface area (Å²) in [5, 5.41) is 8.68. The summed E-state index contributed by atoms with van der Waals surface area (Å²) in [7, 11) is -1.23. The molecule has 0 fully saturated rings. The maximum Gasteiger partial charge on any atom is 0.149 e. The van der Waals surface area contributed by atoms with Gasteiger partial charge in [0.05, 0.1) is 5.75 Å². The molecule has 1 rings (SSSR count). The van der Waals surface area contributed by atoms with Crippen LogP contribution in [0.4, 0.5) is 5.82 Å². The Labute approximate surface area is 95.3 Å². The van der Waals surface area contributed by atoms with Crippen molar-refractivity contribution in [1.82, 2.24) is 4.98 Å². The molecule has 0 radical (unpaired) electrons. The van der Waals surface area contributed by atoms with Crippen molar-refractivity contribution in [2.45, 2.75) is 0 Å². The number of sulfone groups is 1. The Bertz CT molecular complexity index is 505. The smallest absolute Gasteiger partial charge is 0.149 e. The van der Waals surface area contributed by atoms with Crippen LogP contribution in [0, 0.1) is 11.3 Å². The van der Waals surface area contributed by atoms with E-state index in [1.165, 1.54) is 6.26 Å². The van der Waals surface area contributed by atoms with E-state index in [-0.39, 0.29) is 5.75 Å². The minimum Gasteiger partial charge on any atom is -0.359 e. The Hall–Kier alpha value is -1.61. The summed E-state index contributed by atoms with van der Waals surface area (Å²) < 4.78 is 22.0. The Kier molecular flexibility index (Phi) is 3.85. The Morgan fingerprint density at radius 1 is 1.50 bits per heavy atom. The van der Waals surface area contributed by atoms with E-state index in [1.807, 2.05) is 6.07 Å². The molecule has 5 nitrogen and oxygen atoms in total. The molecule has 6 heteroatoms. The van der Waals surface area contributed by atoms with Crippen molar-refractivity contribution in [3.63, 3.8) is 0 Å². The second-order valence-electron chi connectivity index (χ2n) is 3.54. The van der Waals surface area contributed by atoms with E-state index in [9.17, 15) is 8.42 Å². The van der Waals surface area contributed by atoms with E-state index < -0.39 is 9.84 Å². The monoisotopic (exact) mass is 239 g/mol. The van der Waals surface area contributed by atoms with Crippen molar-refractivity contribution in [2.24, 2.45) is 0 Å². The maximum absolute atomic E-state index is 11.0. The van der Waals surface area contributed by atoms with Gasteiger partial charge in [-0.2, -0.15) is 5.26 Å². The van der Waals surface area contributed by atoms with Gasteiger partial charge in [0, 0.05) is 19.8 Å². The molecule has 0 N–H and O–H groups in total. The molecule has 86 valence electrons. The molecule has 0 amide bonds. The third-order valence-electron chi connectivity index (χ3n) is 2.04. The van der Waals surface area contributed by atoms with Gasteiger partial charge in [0.15, 0.2) is 0 Å². The molecule has 0 saturated carbocycles. The normalized spacial score (nSPS) is 10.8. The predicted molar refractivity (Wildman–Crippen MR) is 61.9 cm³/mol. The van der Waals surface area contributed by atoms with Crippen LogP contribution >= 0.6 is 0 Å². The molecular formula is C10H13N3O2S. The van der Waals surface area contributed by atoms with E-state index in [1.54, 1.807) is 30.1 Å². The summed E-state index contributed by atoms with van der Waals surface area (Å²) >= 11 is 0. The van der Waals surface area contributed by atoms with Gasteiger partial charge in [0.25, 0.3) is 0 Å². The number of aromatic nitrogens is 1. The van der Waals surface area contributed by atoms with Gasteiger partial charge in [-0.3, -0.25) is 0 Å². The first kappa shape index (κ1) is 12.5. The lowest BCUT2D eigenvalue weighted by atomic mass is 10.3. The van der Waals surface area contributed by atoms with Gasteiger partial charge in [0.1, 0.15) is 27.4 Å². The molecule has 0 unspecified atom stereocenters. The van der Waals surface area contributed by atoms with E-state index in [4.69, 9.17) is 5.26 Å². The number of anilines is 1. The number of hydrogen-bond acceptors (Lipinski definition) is 5. The molecule has 0 atom stereocenters. The van der Waals surface area contributed by atoms with Crippen molar-refractivity contribution in [3.8, 4) is 6.07 Å². The number of hydrogen-bond donors (Lipinski definition) is 0. The standard InChI is InChI=1S/C10H13N3O2S/c1-13(6-7-16(2,14)15)10-5-3-4-9(8-11)12-10/h3-5H,6-7H2,1-2H3. The molecule has 0 bridgehead atoms. The molecule has 0 aliphatic heterocycles. The molecule has 0 aliphatic rings. The van der Waals surface area contributed by atoms with E-state index >= 15 is 0 Å². The summed E-state index contributed by atoms with van der Waals surface area (Å²) in [5.41, 5.74) is 0.323. The predicted octanol–water partition coefficient (Wildman–Crippen LogP) is 0.434. The molecule has 1 aromatic heterocycles. The number of rotatable bonds is 4. The van der Waals surface area contributed by atoms with Crippen LogP contribution in [-0.4, -0.2) is 39.0 Å². The van der Waals surface area contributed by atoms with Gasteiger partial charge in [-0.25, -0.2) is 13.4 Å². The first-order chi connectivity index (χ1) is 7.42. The molecule has 0 aromatic carbocycles. The summed E-state index contributed by atoms with van der Waals surface area (Å²) in [6.07, 6.45) is 1.19. The van der Waals surface area contributed by atoms with Crippen molar-refractivity contribution in [1.29, 1.82) is 5.26 Å². The summed E-state index contributed by atoms with van der Waals surface area (Å²) in [6, 6.07) is 7.00. The first-order valence-electron chi connectivity index (χ1n) is 4.68. The van der Waals surface area contributed by atoms with E-state index in [2.05, 4.69) is 4.98 Å². The van der Waals surface area contributed by atoms with Gasteiger partial charge in [-0.1, -0.05) is 6.07 Å². The Balaban J connectivity index is 2.74. The fourth-order valence-electron chi connectivity index (χ4n) is 1.12. The fraction of sp³-hybridized carbons (Fsp3) is 0.400. The third-order valence-corrected chi connectivity index (χ3v) is 2.96. The van der Waals surface area contributed by atoms with Crippen molar-refractivity contribution in [3.05, 3.63) is 23.9 Å². The lowest BCUT2D eigenvalue weighted by Crippen LogP contribution is -2.25. The zero-order chi connectivity index (χ0) is 12.2. The third kappa shape index (κ3) is 3.87. The van der Waals surface area contributed by atoms with E-state index in [0.29, 0.717) is 18.1 Å². The van der Waals surface area contributed by atoms with E-state index in [0.717, 1.165) is 0 Å². The highest BCUT2D eigenvalue weighted by molar-refractivity contribution is 7.90. The number of nitriles is 1. The quantitative estimate of drug-likeness (QED) is 0.762. The summed E-state index contributed by atoms with van der Waals surface area (Å²) in [4.78, 5) is 5.77. The van der Waals surface area contributed by atoms with Crippen LogP contribution in [0.5, 0.6) is 0 Å². The van der Waals surface area contributed by atoms with Crippen LogP contribution in [0.25, 0.3) is 0 Å². The van der Waals surface area contributed by atoms with Crippen LogP contribution < -0.4 is 4.90 Å². The highest BCUT2D eigenvalue weighted by atomic mass is 32.2. The fourth-order valence-corrected chi connectivity index (χ4v) is 1.72. The lowest BCUT2D eigenvalue weighted by molar-refractivity contribution is 0.601. The second-order valence-corrected chi connectivity index (χ2v) is 5.80. The lowest BCUT2D eigenvalue weighted by Gasteiger charge is -2.17. The SMILES string of the molecule is CN(CCS(C)(=O)=O)c1cccc(C#N)n1. The van der Waals surface area contributed by atoms with Gasteiger partial charge in [-0.15, -0.1) is 0 Å². The molecular weight excluding hydrogens is 226 g/mol. The number of pyridine rings is 1. The summed E-state index contributed by atoms with van der Waals surface area (Å²) in [5.74, 6) is 0.671. The van der Waals surface area contributed by atoms with Gasteiger partial charge < -0.3 is 4.90 Å². The molecule has 16 heavy (non-hydrogen) atoms. The van der Waals surface area contributed by atoms with Crippen LogP contribution in [0.15, 0.2) is 18.2 Å². The first-order valence-corrected chi connectivity index (χ1v) is 6.74. The number of nitrogens with zero attached hydrogens (tertiary/aromatic N) is 3. The zero-order valence-electron chi connectivity index (χ0n) is 9.21. The van der Waals surface area contributed by atoms with Gasteiger partial charge in [0.2, 0.25) is 0 Å². The highest BCUT2D eigenvalue weighted by Gasteiger charge is 2.07. The van der Waals surface area contributed by atoms with Crippen molar-refractivity contribution < 1.29 is 8.42 Å². The largest absolute Gasteiger partial charge is 0.359 e. The molecule has 1 heterocycles. The van der Waals surface area contributed by atoms with Crippen LogP contribution in [0.2, 0.25) is 0 Å². The van der Waals surface area contributed by atoms with Crippen LogP contribution in [0.1, 0.15) is 5.69 Å². The van der Waals surface area contributed by atoms with Gasteiger partial charge >= 0.3 is 0 Å². The molecule has 1 aromatic rings. The van der Waals surface area contributed by atoms with Crippen molar-refractivity contribution >= 4 is 15.7 Å². The minimum absolute atomic E-state index is 0.0714. The maximum atomic E-state index is 11.0. The van der Waals surface area contributed by atoms with Crippen molar-refractivity contribution in [2.75, 3.05) is 30.5 Å².